The molecule has 0 amide bonds. The molecular formula is C18H24N2. The molecule has 20 heavy (non-hydrogen) atoms. The second-order valence-corrected chi connectivity index (χ2v) is 5.92. The SMILES string of the molecule is CNC1CCCCc2cn(Cc3ccccc3C)cc21. The van der Waals surface area contributed by atoms with Crippen molar-refractivity contribution in [3.8, 4) is 0 Å². The van der Waals surface area contributed by atoms with Gasteiger partial charge in [-0.15, -0.1) is 0 Å². The van der Waals surface area contributed by atoms with Crippen molar-refractivity contribution in [2.45, 2.75) is 45.2 Å². The Balaban J connectivity index is 1.87. The number of nitrogens with zero attached hydrogens (tertiary/aromatic N) is 1. The molecule has 1 N–H and O–H groups in total. The molecule has 1 aromatic carbocycles. The van der Waals surface area contributed by atoms with Crippen LogP contribution in [0.1, 0.15) is 47.6 Å². The van der Waals surface area contributed by atoms with Crippen molar-refractivity contribution in [2.75, 3.05) is 7.05 Å². The summed E-state index contributed by atoms with van der Waals surface area (Å²) in [6, 6.07) is 9.20. The van der Waals surface area contributed by atoms with Gasteiger partial charge in [0.25, 0.3) is 0 Å². The van der Waals surface area contributed by atoms with E-state index in [9.17, 15) is 0 Å². The molecule has 0 fully saturated rings. The summed E-state index contributed by atoms with van der Waals surface area (Å²) in [6.45, 7) is 3.18. The van der Waals surface area contributed by atoms with E-state index in [0.29, 0.717) is 6.04 Å². The van der Waals surface area contributed by atoms with Gasteiger partial charge in [0, 0.05) is 25.0 Å². The zero-order valence-electron chi connectivity index (χ0n) is 12.5. The van der Waals surface area contributed by atoms with E-state index in [0.717, 1.165) is 6.54 Å². The standard InChI is InChI=1S/C18H24N2/c1-14-7-3-4-8-15(14)11-20-12-16-9-5-6-10-18(19-2)17(16)13-20/h3-4,7-8,12-13,18-19H,5-6,9-11H2,1-2H3. The van der Waals surface area contributed by atoms with Gasteiger partial charge in [0.2, 0.25) is 0 Å². The monoisotopic (exact) mass is 268 g/mol. The Morgan fingerprint density at radius 2 is 2.05 bits per heavy atom. The minimum atomic E-state index is 0.533. The van der Waals surface area contributed by atoms with Crippen LogP contribution in [-0.4, -0.2) is 11.6 Å². The minimum absolute atomic E-state index is 0.533. The van der Waals surface area contributed by atoms with Crippen molar-refractivity contribution in [2.24, 2.45) is 0 Å². The van der Waals surface area contributed by atoms with Gasteiger partial charge in [-0.25, -0.2) is 0 Å². The summed E-state index contributed by atoms with van der Waals surface area (Å²) in [7, 11) is 2.08. The fourth-order valence-electron chi connectivity index (χ4n) is 3.29. The number of benzene rings is 1. The molecule has 1 aliphatic rings. The van der Waals surface area contributed by atoms with Gasteiger partial charge in [0.15, 0.2) is 0 Å². The molecule has 1 aliphatic carbocycles. The second kappa shape index (κ2) is 5.84. The molecule has 2 aromatic rings. The van der Waals surface area contributed by atoms with Crippen LogP contribution in [0, 0.1) is 6.92 Å². The van der Waals surface area contributed by atoms with Crippen LogP contribution in [0.15, 0.2) is 36.7 Å². The smallest absolute Gasteiger partial charge is 0.0473 e. The van der Waals surface area contributed by atoms with E-state index >= 15 is 0 Å². The molecule has 0 bridgehead atoms. The summed E-state index contributed by atoms with van der Waals surface area (Å²) in [5.74, 6) is 0. The van der Waals surface area contributed by atoms with Gasteiger partial charge in [0.05, 0.1) is 0 Å². The molecule has 0 saturated carbocycles. The first-order valence-corrected chi connectivity index (χ1v) is 7.68. The molecule has 0 radical (unpaired) electrons. The molecule has 1 aromatic heterocycles. The van der Waals surface area contributed by atoms with E-state index in [1.807, 2.05) is 0 Å². The van der Waals surface area contributed by atoms with Gasteiger partial charge in [-0.05, 0) is 55.5 Å². The van der Waals surface area contributed by atoms with E-state index in [-0.39, 0.29) is 0 Å². The maximum absolute atomic E-state index is 3.48. The molecular weight excluding hydrogens is 244 g/mol. The number of hydrogen-bond acceptors (Lipinski definition) is 1. The predicted octanol–water partition coefficient (Wildman–Crippen LogP) is 3.83. The molecule has 2 nitrogen and oxygen atoms in total. The lowest BCUT2D eigenvalue weighted by atomic mass is 10.1. The summed E-state index contributed by atoms with van der Waals surface area (Å²) in [6.07, 6.45) is 9.86. The molecule has 1 heterocycles. The van der Waals surface area contributed by atoms with Crippen LogP contribution in [0.25, 0.3) is 0 Å². The average Bonchev–Trinajstić information content (AvgIpc) is 2.75. The lowest BCUT2D eigenvalue weighted by Gasteiger charge is -2.13. The van der Waals surface area contributed by atoms with Crippen molar-refractivity contribution in [1.82, 2.24) is 9.88 Å². The lowest BCUT2D eigenvalue weighted by molar-refractivity contribution is 0.531. The fourth-order valence-corrected chi connectivity index (χ4v) is 3.29. The van der Waals surface area contributed by atoms with Gasteiger partial charge in [0.1, 0.15) is 0 Å². The van der Waals surface area contributed by atoms with Crippen molar-refractivity contribution in [3.63, 3.8) is 0 Å². The van der Waals surface area contributed by atoms with Crippen LogP contribution in [0.4, 0.5) is 0 Å². The molecule has 0 aliphatic heterocycles. The van der Waals surface area contributed by atoms with Crippen molar-refractivity contribution in [3.05, 3.63) is 58.9 Å². The maximum Gasteiger partial charge on any atom is 0.0473 e. The van der Waals surface area contributed by atoms with Crippen LogP contribution in [-0.2, 0) is 13.0 Å². The molecule has 1 atom stereocenters. The normalized spacial score (nSPS) is 18.6. The molecule has 3 rings (SSSR count). The molecule has 0 spiro atoms. The van der Waals surface area contributed by atoms with Crippen molar-refractivity contribution < 1.29 is 0 Å². The van der Waals surface area contributed by atoms with E-state index in [2.05, 4.69) is 60.5 Å². The van der Waals surface area contributed by atoms with Crippen LogP contribution < -0.4 is 5.32 Å². The summed E-state index contributed by atoms with van der Waals surface area (Å²) in [4.78, 5) is 0. The third-order valence-electron chi connectivity index (χ3n) is 4.52. The third-order valence-corrected chi connectivity index (χ3v) is 4.52. The Kier molecular flexibility index (Phi) is 3.93. The van der Waals surface area contributed by atoms with Crippen molar-refractivity contribution in [1.29, 1.82) is 0 Å². The van der Waals surface area contributed by atoms with Crippen LogP contribution >= 0.6 is 0 Å². The summed E-state index contributed by atoms with van der Waals surface area (Å²) >= 11 is 0. The fraction of sp³-hybridized carbons (Fsp3) is 0.444. The molecule has 0 saturated heterocycles. The predicted molar refractivity (Wildman–Crippen MR) is 84.1 cm³/mol. The minimum Gasteiger partial charge on any atom is -0.349 e. The quantitative estimate of drug-likeness (QED) is 0.837. The average molecular weight is 268 g/mol. The highest BCUT2D eigenvalue weighted by Crippen LogP contribution is 2.29. The Hall–Kier alpha value is -1.54. The van der Waals surface area contributed by atoms with Crippen molar-refractivity contribution >= 4 is 0 Å². The Morgan fingerprint density at radius 3 is 2.85 bits per heavy atom. The highest BCUT2D eigenvalue weighted by Gasteiger charge is 2.19. The van der Waals surface area contributed by atoms with Gasteiger partial charge >= 0.3 is 0 Å². The summed E-state index contributed by atoms with van der Waals surface area (Å²) < 4.78 is 2.36. The van der Waals surface area contributed by atoms with Gasteiger partial charge in [-0.1, -0.05) is 30.7 Å². The number of rotatable bonds is 3. The Morgan fingerprint density at radius 1 is 1.20 bits per heavy atom. The van der Waals surface area contributed by atoms with E-state index in [1.54, 1.807) is 0 Å². The lowest BCUT2D eigenvalue weighted by Crippen LogP contribution is -2.15. The number of aromatic nitrogens is 1. The number of fused-ring (bicyclic) bond motifs is 1. The summed E-state index contributed by atoms with van der Waals surface area (Å²) in [5, 5.41) is 3.48. The number of nitrogens with one attached hydrogen (secondary N) is 1. The van der Waals surface area contributed by atoms with E-state index in [1.165, 1.54) is 47.9 Å². The summed E-state index contributed by atoms with van der Waals surface area (Å²) in [5.41, 5.74) is 5.84. The topological polar surface area (TPSA) is 17.0 Å². The number of hydrogen-bond donors (Lipinski definition) is 1. The first kappa shape index (κ1) is 13.4. The molecule has 106 valence electrons. The maximum atomic E-state index is 3.48. The van der Waals surface area contributed by atoms with Gasteiger partial charge < -0.3 is 9.88 Å². The largest absolute Gasteiger partial charge is 0.349 e. The first-order chi connectivity index (χ1) is 9.78. The third kappa shape index (κ3) is 2.66. The van der Waals surface area contributed by atoms with Gasteiger partial charge in [-0.2, -0.15) is 0 Å². The highest BCUT2D eigenvalue weighted by atomic mass is 15.0. The first-order valence-electron chi connectivity index (χ1n) is 7.68. The number of aryl methyl sites for hydroxylation is 2. The molecule has 1 unspecified atom stereocenters. The van der Waals surface area contributed by atoms with E-state index < -0.39 is 0 Å². The zero-order chi connectivity index (χ0) is 13.9. The highest BCUT2D eigenvalue weighted by molar-refractivity contribution is 5.31. The van der Waals surface area contributed by atoms with Crippen LogP contribution in [0.2, 0.25) is 0 Å². The Labute approximate surface area is 121 Å². The van der Waals surface area contributed by atoms with Crippen LogP contribution in [0.5, 0.6) is 0 Å². The zero-order valence-corrected chi connectivity index (χ0v) is 12.5. The van der Waals surface area contributed by atoms with Gasteiger partial charge in [-0.3, -0.25) is 0 Å². The second-order valence-electron chi connectivity index (χ2n) is 5.92. The Bertz CT molecular complexity index is 583. The van der Waals surface area contributed by atoms with Crippen LogP contribution in [0.3, 0.4) is 0 Å². The van der Waals surface area contributed by atoms with E-state index in [4.69, 9.17) is 0 Å². The molecule has 2 heteroatoms.